The molecule has 0 bridgehead atoms. The van der Waals surface area contributed by atoms with E-state index < -0.39 is 5.25 Å². The lowest BCUT2D eigenvalue weighted by molar-refractivity contribution is -0.121. The molecule has 0 unspecified atom stereocenters. The van der Waals surface area contributed by atoms with E-state index in [-0.39, 0.29) is 18.2 Å². The molecule has 1 aromatic carbocycles. The van der Waals surface area contributed by atoms with Crippen LogP contribution in [0.3, 0.4) is 0 Å². The maximum Gasteiger partial charge on any atom is 0.238 e. The van der Waals surface area contributed by atoms with E-state index in [1.165, 1.54) is 11.8 Å². The van der Waals surface area contributed by atoms with E-state index >= 15 is 0 Å². The lowest BCUT2D eigenvalue weighted by atomic mass is 10.1. The van der Waals surface area contributed by atoms with Crippen molar-refractivity contribution in [2.24, 2.45) is 11.7 Å². The van der Waals surface area contributed by atoms with Crippen molar-refractivity contribution in [3.05, 3.63) is 41.7 Å². The van der Waals surface area contributed by atoms with Crippen LogP contribution in [0.5, 0.6) is 0 Å². The van der Waals surface area contributed by atoms with E-state index in [1.807, 2.05) is 34.9 Å². The van der Waals surface area contributed by atoms with Crippen LogP contribution in [0.2, 0.25) is 0 Å². The summed E-state index contributed by atoms with van der Waals surface area (Å²) >= 11 is 1.40. The number of aromatic nitrogens is 3. The summed E-state index contributed by atoms with van der Waals surface area (Å²) < 4.78 is 2.01. The molecule has 2 aromatic rings. The fraction of sp³-hybridized carbons (Fsp3) is 0.500. The first-order chi connectivity index (χ1) is 13.4. The van der Waals surface area contributed by atoms with Gasteiger partial charge in [-0.25, -0.2) is 0 Å². The van der Waals surface area contributed by atoms with Crippen LogP contribution < -0.4 is 11.1 Å². The van der Waals surface area contributed by atoms with Crippen LogP contribution in [0, 0.1) is 5.92 Å². The Morgan fingerprint density at radius 1 is 1.25 bits per heavy atom. The smallest absolute Gasteiger partial charge is 0.238 e. The summed E-state index contributed by atoms with van der Waals surface area (Å²) in [5, 5.41) is 12.0. The third-order valence-electron chi connectivity index (χ3n) is 4.42. The zero-order valence-corrected chi connectivity index (χ0v) is 17.1. The fourth-order valence-electron chi connectivity index (χ4n) is 2.89. The standard InChI is InChI=1S/C20H27N5O2S/c1-13(2)12-25-17(11-10-16(21)26)23-24-20(25)28-18(14-6-4-3-5-7-14)19(27)22-15-8-9-15/h3-7,13,15,18H,8-12H2,1-2H3,(H2,21,26)(H,22,27)/t18-/m1/s1. The molecule has 150 valence electrons. The van der Waals surface area contributed by atoms with E-state index in [1.54, 1.807) is 0 Å². The van der Waals surface area contributed by atoms with E-state index in [9.17, 15) is 9.59 Å². The molecular weight excluding hydrogens is 374 g/mol. The van der Waals surface area contributed by atoms with Gasteiger partial charge < -0.3 is 15.6 Å². The van der Waals surface area contributed by atoms with Crippen LogP contribution in [0.25, 0.3) is 0 Å². The lowest BCUT2D eigenvalue weighted by Crippen LogP contribution is -2.30. The van der Waals surface area contributed by atoms with Gasteiger partial charge in [0.25, 0.3) is 0 Å². The minimum absolute atomic E-state index is 0.00326. The fourth-order valence-corrected chi connectivity index (χ4v) is 3.96. The first-order valence-electron chi connectivity index (χ1n) is 9.66. The second-order valence-electron chi connectivity index (χ2n) is 7.56. The number of carbonyl (C=O) groups is 2. The van der Waals surface area contributed by atoms with Crippen LogP contribution in [0.4, 0.5) is 0 Å². The number of nitrogens with zero attached hydrogens (tertiary/aromatic N) is 3. The first kappa shape index (κ1) is 20.4. The van der Waals surface area contributed by atoms with Crippen LogP contribution in [-0.4, -0.2) is 32.6 Å². The van der Waals surface area contributed by atoms with Crippen molar-refractivity contribution >= 4 is 23.6 Å². The molecule has 0 saturated heterocycles. The predicted molar refractivity (Wildman–Crippen MR) is 109 cm³/mol. The molecule has 1 heterocycles. The Labute approximate surface area is 169 Å². The molecule has 7 nitrogen and oxygen atoms in total. The zero-order valence-electron chi connectivity index (χ0n) is 16.3. The van der Waals surface area contributed by atoms with Gasteiger partial charge in [0.1, 0.15) is 11.1 Å². The predicted octanol–water partition coefficient (Wildman–Crippen LogP) is 2.46. The number of hydrogen-bond acceptors (Lipinski definition) is 5. The molecule has 3 N–H and O–H groups in total. The third-order valence-corrected chi connectivity index (χ3v) is 5.66. The zero-order chi connectivity index (χ0) is 20.1. The normalized spacial score (nSPS) is 14.8. The molecule has 1 aliphatic rings. The highest BCUT2D eigenvalue weighted by molar-refractivity contribution is 8.00. The average molecular weight is 402 g/mol. The quantitative estimate of drug-likeness (QED) is 0.595. The summed E-state index contributed by atoms with van der Waals surface area (Å²) in [6.45, 7) is 4.94. The largest absolute Gasteiger partial charge is 0.370 e. The minimum Gasteiger partial charge on any atom is -0.370 e. The van der Waals surface area contributed by atoms with Crippen molar-refractivity contribution in [3.63, 3.8) is 0 Å². The van der Waals surface area contributed by atoms with Gasteiger partial charge in [-0.3, -0.25) is 9.59 Å². The number of nitrogens with two attached hydrogens (primary N) is 1. The van der Waals surface area contributed by atoms with Gasteiger partial charge in [0.2, 0.25) is 11.8 Å². The molecular formula is C20H27N5O2S. The van der Waals surface area contributed by atoms with Gasteiger partial charge in [-0.2, -0.15) is 0 Å². The number of aryl methyl sites for hydroxylation is 1. The van der Waals surface area contributed by atoms with Crippen molar-refractivity contribution in [3.8, 4) is 0 Å². The summed E-state index contributed by atoms with van der Waals surface area (Å²) in [7, 11) is 0. The summed E-state index contributed by atoms with van der Waals surface area (Å²) in [6, 6.07) is 10.0. The maximum absolute atomic E-state index is 12.9. The molecule has 28 heavy (non-hydrogen) atoms. The summed E-state index contributed by atoms with van der Waals surface area (Å²) in [4.78, 5) is 24.1. The van der Waals surface area contributed by atoms with Crippen LogP contribution in [0.15, 0.2) is 35.5 Å². The summed E-state index contributed by atoms with van der Waals surface area (Å²) in [5.41, 5.74) is 6.23. The molecule has 1 aliphatic carbocycles. The van der Waals surface area contributed by atoms with E-state index in [2.05, 4.69) is 29.4 Å². The molecule has 0 aliphatic heterocycles. The number of benzene rings is 1. The average Bonchev–Trinajstić information content (AvgIpc) is 3.39. The number of amides is 2. The molecule has 1 aromatic heterocycles. The SMILES string of the molecule is CC(C)Cn1c(CCC(N)=O)nnc1S[C@@H](C(=O)NC1CC1)c1ccccc1. The minimum atomic E-state index is -0.402. The Balaban J connectivity index is 1.86. The summed E-state index contributed by atoms with van der Waals surface area (Å²) in [6.07, 6.45) is 2.75. The maximum atomic E-state index is 12.9. The highest BCUT2D eigenvalue weighted by Gasteiger charge is 2.30. The Kier molecular flexibility index (Phi) is 6.72. The van der Waals surface area contributed by atoms with Crippen molar-refractivity contribution in [2.75, 3.05) is 0 Å². The highest BCUT2D eigenvalue weighted by Crippen LogP contribution is 2.36. The lowest BCUT2D eigenvalue weighted by Gasteiger charge is -2.18. The van der Waals surface area contributed by atoms with Gasteiger partial charge in [-0.05, 0) is 24.3 Å². The van der Waals surface area contributed by atoms with Crippen LogP contribution in [0.1, 0.15) is 49.7 Å². The second kappa shape index (κ2) is 9.23. The van der Waals surface area contributed by atoms with Crippen molar-refractivity contribution < 1.29 is 9.59 Å². The molecule has 0 spiro atoms. The van der Waals surface area contributed by atoms with E-state index in [4.69, 9.17) is 5.73 Å². The van der Waals surface area contributed by atoms with Crippen molar-refractivity contribution in [1.82, 2.24) is 20.1 Å². The highest BCUT2D eigenvalue weighted by atomic mass is 32.2. The number of rotatable bonds is 10. The Hall–Kier alpha value is -2.35. The van der Waals surface area contributed by atoms with Crippen LogP contribution in [-0.2, 0) is 22.6 Å². The number of hydrogen-bond donors (Lipinski definition) is 2. The van der Waals surface area contributed by atoms with Gasteiger partial charge in [0.05, 0.1) is 0 Å². The van der Waals surface area contributed by atoms with E-state index in [0.29, 0.717) is 23.5 Å². The van der Waals surface area contributed by atoms with Gasteiger partial charge in [-0.1, -0.05) is 55.9 Å². The van der Waals surface area contributed by atoms with Crippen LogP contribution >= 0.6 is 11.8 Å². The molecule has 3 rings (SSSR count). The molecule has 1 saturated carbocycles. The number of carbonyl (C=O) groups excluding carboxylic acids is 2. The monoisotopic (exact) mass is 401 g/mol. The van der Waals surface area contributed by atoms with Gasteiger partial charge in [0, 0.05) is 25.4 Å². The Morgan fingerprint density at radius 2 is 1.96 bits per heavy atom. The topological polar surface area (TPSA) is 103 Å². The number of primary amides is 1. The molecule has 1 atom stereocenters. The number of nitrogens with one attached hydrogen (secondary N) is 1. The number of thioether (sulfide) groups is 1. The molecule has 2 amide bonds. The van der Waals surface area contributed by atoms with Gasteiger partial charge >= 0.3 is 0 Å². The first-order valence-corrected chi connectivity index (χ1v) is 10.5. The van der Waals surface area contributed by atoms with E-state index in [0.717, 1.165) is 30.8 Å². The third kappa shape index (κ3) is 5.58. The van der Waals surface area contributed by atoms with Crippen molar-refractivity contribution in [2.45, 2.75) is 62.5 Å². The van der Waals surface area contributed by atoms with Gasteiger partial charge in [0.15, 0.2) is 5.16 Å². The Bertz CT molecular complexity index is 817. The van der Waals surface area contributed by atoms with Crippen molar-refractivity contribution in [1.29, 1.82) is 0 Å². The molecule has 8 heteroatoms. The second-order valence-corrected chi connectivity index (χ2v) is 8.63. The van der Waals surface area contributed by atoms with Gasteiger partial charge in [-0.15, -0.1) is 10.2 Å². The Morgan fingerprint density at radius 3 is 2.57 bits per heavy atom. The molecule has 1 fully saturated rings. The molecule has 0 radical (unpaired) electrons. The summed E-state index contributed by atoms with van der Waals surface area (Å²) in [5.74, 6) is 0.735.